The van der Waals surface area contributed by atoms with Gasteiger partial charge in [0.2, 0.25) is 0 Å². The van der Waals surface area contributed by atoms with Crippen LogP contribution in [0, 0.1) is 20.8 Å². The van der Waals surface area contributed by atoms with E-state index in [-0.39, 0.29) is 5.91 Å². The topological polar surface area (TPSA) is 55.1 Å². The zero-order valence-corrected chi connectivity index (χ0v) is 12.2. The lowest BCUT2D eigenvalue weighted by molar-refractivity contribution is 0.0950. The summed E-state index contributed by atoms with van der Waals surface area (Å²) in [5.41, 5.74) is 11.4. The summed E-state index contributed by atoms with van der Waals surface area (Å²) in [5, 5.41) is 2.94. The van der Waals surface area contributed by atoms with Crippen molar-refractivity contribution in [2.24, 2.45) is 0 Å². The van der Waals surface area contributed by atoms with Crippen molar-refractivity contribution in [1.82, 2.24) is 5.32 Å². The second kappa shape index (κ2) is 5.78. The van der Waals surface area contributed by atoms with Gasteiger partial charge in [0.05, 0.1) is 0 Å². The number of carbonyl (C=O) groups is 1. The van der Waals surface area contributed by atoms with Gasteiger partial charge in [-0.2, -0.15) is 0 Å². The highest BCUT2D eigenvalue weighted by Gasteiger charge is 2.11. The average Bonchev–Trinajstić information content (AvgIpc) is 2.44. The highest BCUT2D eigenvalue weighted by molar-refractivity contribution is 5.96. The lowest BCUT2D eigenvalue weighted by Crippen LogP contribution is -2.24. The Labute approximate surface area is 119 Å². The lowest BCUT2D eigenvalue weighted by atomic mass is 10.0. The van der Waals surface area contributed by atoms with Gasteiger partial charge in [-0.15, -0.1) is 0 Å². The number of aryl methyl sites for hydroxylation is 1. The first-order valence-electron chi connectivity index (χ1n) is 6.68. The van der Waals surface area contributed by atoms with Crippen LogP contribution in [0.15, 0.2) is 36.4 Å². The third-order valence-corrected chi connectivity index (χ3v) is 3.65. The van der Waals surface area contributed by atoms with Gasteiger partial charge in [0.1, 0.15) is 0 Å². The van der Waals surface area contributed by atoms with Crippen LogP contribution in [0.3, 0.4) is 0 Å². The Hall–Kier alpha value is -2.29. The van der Waals surface area contributed by atoms with Gasteiger partial charge in [0.25, 0.3) is 5.91 Å². The number of hydrogen-bond acceptors (Lipinski definition) is 2. The molecule has 0 unspecified atom stereocenters. The summed E-state index contributed by atoms with van der Waals surface area (Å²) in [7, 11) is 0. The van der Waals surface area contributed by atoms with Crippen molar-refractivity contribution in [3.05, 3.63) is 64.2 Å². The Morgan fingerprint density at radius 1 is 1.00 bits per heavy atom. The Kier molecular flexibility index (Phi) is 4.08. The Balaban J connectivity index is 2.09. The number of carbonyl (C=O) groups excluding carboxylic acids is 1. The molecule has 0 radical (unpaired) electrons. The van der Waals surface area contributed by atoms with Crippen molar-refractivity contribution in [1.29, 1.82) is 0 Å². The van der Waals surface area contributed by atoms with E-state index in [9.17, 15) is 4.79 Å². The Morgan fingerprint density at radius 3 is 2.30 bits per heavy atom. The molecule has 0 bridgehead atoms. The van der Waals surface area contributed by atoms with E-state index in [1.165, 1.54) is 5.56 Å². The number of amides is 1. The maximum Gasteiger partial charge on any atom is 0.251 e. The standard InChI is InChI=1S/C17H20N2O/c1-11-4-6-14(7-5-11)10-19-17(20)15-8-9-16(18)13(3)12(15)2/h4-9H,10,18H2,1-3H3,(H,19,20). The van der Waals surface area contributed by atoms with Crippen LogP contribution in [-0.4, -0.2) is 5.91 Å². The van der Waals surface area contributed by atoms with Crippen LogP contribution in [0.25, 0.3) is 0 Å². The fourth-order valence-electron chi connectivity index (χ4n) is 2.07. The van der Waals surface area contributed by atoms with E-state index in [2.05, 4.69) is 5.32 Å². The van der Waals surface area contributed by atoms with Gasteiger partial charge >= 0.3 is 0 Å². The van der Waals surface area contributed by atoms with Crippen LogP contribution < -0.4 is 11.1 Å². The second-order valence-electron chi connectivity index (χ2n) is 5.12. The largest absolute Gasteiger partial charge is 0.399 e. The van der Waals surface area contributed by atoms with E-state index >= 15 is 0 Å². The zero-order valence-electron chi connectivity index (χ0n) is 12.2. The average molecular weight is 268 g/mol. The summed E-state index contributed by atoms with van der Waals surface area (Å²) in [6, 6.07) is 11.7. The molecule has 0 aliphatic heterocycles. The molecule has 0 spiro atoms. The van der Waals surface area contributed by atoms with Gasteiger partial charge < -0.3 is 11.1 Å². The second-order valence-corrected chi connectivity index (χ2v) is 5.12. The Morgan fingerprint density at radius 2 is 1.65 bits per heavy atom. The molecule has 0 heterocycles. The van der Waals surface area contributed by atoms with Gasteiger partial charge in [0.15, 0.2) is 0 Å². The molecule has 3 nitrogen and oxygen atoms in total. The molecule has 0 saturated carbocycles. The van der Waals surface area contributed by atoms with E-state index in [1.54, 1.807) is 12.1 Å². The van der Waals surface area contributed by atoms with Crippen molar-refractivity contribution in [3.63, 3.8) is 0 Å². The number of benzene rings is 2. The van der Waals surface area contributed by atoms with Gasteiger partial charge in [-0.1, -0.05) is 29.8 Å². The number of nitrogens with one attached hydrogen (secondary N) is 1. The summed E-state index contributed by atoms with van der Waals surface area (Å²) in [5.74, 6) is -0.0637. The van der Waals surface area contributed by atoms with Crippen LogP contribution in [0.1, 0.15) is 32.6 Å². The van der Waals surface area contributed by atoms with Gasteiger partial charge in [0, 0.05) is 17.8 Å². The SMILES string of the molecule is Cc1ccc(CNC(=O)c2ccc(N)c(C)c2C)cc1. The highest BCUT2D eigenvalue weighted by Crippen LogP contribution is 2.19. The molecular weight excluding hydrogens is 248 g/mol. The number of rotatable bonds is 3. The van der Waals surface area contributed by atoms with E-state index in [1.807, 2.05) is 45.0 Å². The van der Waals surface area contributed by atoms with Gasteiger partial charge in [-0.3, -0.25) is 4.79 Å². The summed E-state index contributed by atoms with van der Waals surface area (Å²) in [4.78, 5) is 12.2. The summed E-state index contributed by atoms with van der Waals surface area (Å²) < 4.78 is 0. The van der Waals surface area contributed by atoms with Crippen molar-refractivity contribution in [3.8, 4) is 0 Å². The maximum absolute atomic E-state index is 12.2. The van der Waals surface area contributed by atoms with Crippen molar-refractivity contribution in [2.75, 3.05) is 5.73 Å². The first-order valence-corrected chi connectivity index (χ1v) is 6.68. The zero-order chi connectivity index (χ0) is 14.7. The molecule has 0 aromatic heterocycles. The smallest absolute Gasteiger partial charge is 0.251 e. The lowest BCUT2D eigenvalue weighted by Gasteiger charge is -2.11. The molecule has 1 amide bonds. The molecule has 3 N–H and O–H groups in total. The van der Waals surface area contributed by atoms with E-state index in [4.69, 9.17) is 5.73 Å². The minimum absolute atomic E-state index is 0.0637. The Bertz CT molecular complexity index is 630. The fraction of sp³-hybridized carbons (Fsp3) is 0.235. The first-order chi connectivity index (χ1) is 9.49. The monoisotopic (exact) mass is 268 g/mol. The first kappa shape index (κ1) is 14.1. The number of hydrogen-bond donors (Lipinski definition) is 2. The number of nitrogens with two attached hydrogens (primary N) is 1. The van der Waals surface area contributed by atoms with Gasteiger partial charge in [-0.05, 0) is 49.6 Å². The van der Waals surface area contributed by atoms with Crippen LogP contribution in [0.5, 0.6) is 0 Å². The number of anilines is 1. The van der Waals surface area contributed by atoms with E-state index < -0.39 is 0 Å². The minimum Gasteiger partial charge on any atom is -0.399 e. The van der Waals surface area contributed by atoms with Crippen molar-refractivity contribution >= 4 is 11.6 Å². The predicted octanol–water partition coefficient (Wildman–Crippen LogP) is 3.12. The molecule has 2 aromatic carbocycles. The van der Waals surface area contributed by atoms with E-state index in [0.29, 0.717) is 12.1 Å². The van der Waals surface area contributed by atoms with Crippen LogP contribution >= 0.6 is 0 Å². The molecule has 2 aromatic rings. The van der Waals surface area contributed by atoms with Crippen LogP contribution in [-0.2, 0) is 6.54 Å². The van der Waals surface area contributed by atoms with Crippen LogP contribution in [0.2, 0.25) is 0 Å². The molecule has 0 atom stereocenters. The third kappa shape index (κ3) is 2.99. The summed E-state index contributed by atoms with van der Waals surface area (Å²) >= 11 is 0. The summed E-state index contributed by atoms with van der Waals surface area (Å²) in [6.45, 7) is 6.43. The highest BCUT2D eigenvalue weighted by atomic mass is 16.1. The van der Waals surface area contributed by atoms with Crippen LogP contribution in [0.4, 0.5) is 5.69 Å². The van der Waals surface area contributed by atoms with Gasteiger partial charge in [-0.25, -0.2) is 0 Å². The molecular formula is C17H20N2O. The number of nitrogen functional groups attached to an aromatic ring is 1. The fourth-order valence-corrected chi connectivity index (χ4v) is 2.07. The van der Waals surface area contributed by atoms with Crippen molar-refractivity contribution in [2.45, 2.75) is 27.3 Å². The molecule has 104 valence electrons. The molecule has 20 heavy (non-hydrogen) atoms. The molecule has 3 heteroatoms. The third-order valence-electron chi connectivity index (χ3n) is 3.65. The molecule has 0 aliphatic carbocycles. The molecule has 0 fully saturated rings. The predicted molar refractivity (Wildman–Crippen MR) is 82.7 cm³/mol. The summed E-state index contributed by atoms with van der Waals surface area (Å²) in [6.07, 6.45) is 0. The molecule has 0 aliphatic rings. The minimum atomic E-state index is -0.0637. The van der Waals surface area contributed by atoms with Crippen molar-refractivity contribution < 1.29 is 4.79 Å². The molecule has 2 rings (SSSR count). The maximum atomic E-state index is 12.2. The van der Waals surface area contributed by atoms with E-state index in [0.717, 1.165) is 22.4 Å². The quantitative estimate of drug-likeness (QED) is 0.840. The molecule has 0 saturated heterocycles. The normalized spacial score (nSPS) is 10.3.